The van der Waals surface area contributed by atoms with Crippen molar-refractivity contribution in [2.75, 3.05) is 0 Å². The summed E-state index contributed by atoms with van der Waals surface area (Å²) in [5.41, 5.74) is 1.79. The Morgan fingerprint density at radius 1 is 0.929 bits per heavy atom. The molecule has 0 aromatic heterocycles. The second-order valence-corrected chi connectivity index (χ2v) is 8.13. The topological polar surface area (TPSA) is 0 Å². The fourth-order valence-corrected chi connectivity index (χ4v) is 4.33. The zero-order chi connectivity index (χ0) is 10.6. The van der Waals surface area contributed by atoms with Gasteiger partial charge in [0.1, 0.15) is 0 Å². The van der Waals surface area contributed by atoms with Crippen molar-refractivity contribution in [3.63, 3.8) is 0 Å². The number of alkyl halides is 2. The summed E-state index contributed by atoms with van der Waals surface area (Å²) in [6.07, 6.45) is 0. The Morgan fingerprint density at radius 2 is 1.36 bits per heavy atom. The van der Waals surface area contributed by atoms with Gasteiger partial charge in [0.2, 0.25) is 0 Å². The van der Waals surface area contributed by atoms with Crippen molar-refractivity contribution >= 4 is 31.9 Å². The molecule has 1 saturated carbocycles. The third kappa shape index (κ3) is 0.992. The van der Waals surface area contributed by atoms with Crippen molar-refractivity contribution < 1.29 is 0 Å². The maximum absolute atomic E-state index is 3.78. The molecule has 0 N–H and O–H groups in total. The van der Waals surface area contributed by atoms with E-state index in [1.54, 1.807) is 0 Å². The third-order valence-corrected chi connectivity index (χ3v) is 7.52. The van der Waals surface area contributed by atoms with Crippen molar-refractivity contribution in [1.82, 2.24) is 0 Å². The summed E-state index contributed by atoms with van der Waals surface area (Å²) in [6, 6.07) is 10.7. The van der Waals surface area contributed by atoms with Crippen molar-refractivity contribution in [3.8, 4) is 0 Å². The maximum Gasteiger partial charge on any atom is 0.0964 e. The van der Waals surface area contributed by atoms with Crippen LogP contribution in [0.2, 0.25) is 0 Å². The first-order valence-electron chi connectivity index (χ1n) is 4.79. The van der Waals surface area contributed by atoms with E-state index in [9.17, 15) is 0 Å². The highest BCUT2D eigenvalue weighted by molar-refractivity contribution is 9.25. The van der Waals surface area contributed by atoms with Gasteiger partial charge in [0.05, 0.1) is 3.23 Å². The molecule has 0 amide bonds. The lowest BCUT2D eigenvalue weighted by Gasteiger charge is -2.14. The average molecular weight is 318 g/mol. The lowest BCUT2D eigenvalue weighted by Crippen LogP contribution is -2.10. The Balaban J connectivity index is 2.48. The molecule has 0 spiro atoms. The summed E-state index contributed by atoms with van der Waals surface area (Å²) in [7, 11) is 0. The van der Waals surface area contributed by atoms with E-state index in [2.05, 4.69) is 83.0 Å². The molecule has 1 atom stereocenters. The van der Waals surface area contributed by atoms with Crippen LogP contribution in [0.3, 0.4) is 0 Å². The molecule has 1 aromatic carbocycles. The molecule has 0 heterocycles. The first-order chi connectivity index (χ1) is 6.36. The molecule has 0 bridgehead atoms. The highest BCUT2D eigenvalue weighted by Gasteiger charge is 2.78. The zero-order valence-corrected chi connectivity index (χ0v) is 11.8. The molecule has 1 aliphatic rings. The van der Waals surface area contributed by atoms with E-state index in [1.165, 1.54) is 5.56 Å². The van der Waals surface area contributed by atoms with Crippen molar-refractivity contribution in [2.24, 2.45) is 5.41 Å². The smallest absolute Gasteiger partial charge is 0.0711 e. The molecule has 2 heteroatoms. The molecule has 0 radical (unpaired) electrons. The molecule has 2 rings (SSSR count). The SMILES string of the molecule is CC1(C)C(Br)(Br)C1(C)c1ccccc1. The van der Waals surface area contributed by atoms with Crippen molar-refractivity contribution in [2.45, 2.75) is 29.4 Å². The minimum absolute atomic E-state index is 0.0291. The highest BCUT2D eigenvalue weighted by atomic mass is 79.9. The van der Waals surface area contributed by atoms with E-state index < -0.39 is 0 Å². The van der Waals surface area contributed by atoms with Crippen molar-refractivity contribution in [1.29, 1.82) is 0 Å². The number of rotatable bonds is 1. The molecule has 0 nitrogen and oxygen atoms in total. The predicted octanol–water partition coefficient (Wildman–Crippen LogP) is 4.47. The summed E-state index contributed by atoms with van der Waals surface area (Å²) in [6.45, 7) is 6.86. The Morgan fingerprint density at radius 3 is 1.71 bits per heavy atom. The number of benzene rings is 1. The van der Waals surface area contributed by atoms with Crippen LogP contribution in [0.5, 0.6) is 0 Å². The van der Waals surface area contributed by atoms with Gasteiger partial charge in [-0.05, 0) is 5.56 Å². The Labute approximate surface area is 102 Å². The fraction of sp³-hybridized carbons (Fsp3) is 0.500. The maximum atomic E-state index is 3.78. The van der Waals surface area contributed by atoms with Crippen LogP contribution in [0.1, 0.15) is 26.3 Å². The predicted molar refractivity (Wildman–Crippen MR) is 68.2 cm³/mol. The van der Waals surface area contributed by atoms with E-state index in [4.69, 9.17) is 0 Å². The molecule has 0 saturated heterocycles. The van der Waals surface area contributed by atoms with Crippen LogP contribution in [0.4, 0.5) is 0 Å². The van der Waals surface area contributed by atoms with Gasteiger partial charge in [-0.1, -0.05) is 83.0 Å². The van der Waals surface area contributed by atoms with E-state index in [0.717, 1.165) is 0 Å². The van der Waals surface area contributed by atoms with Gasteiger partial charge in [-0.2, -0.15) is 0 Å². The molecule has 1 unspecified atom stereocenters. The highest BCUT2D eigenvalue weighted by Crippen LogP contribution is 2.79. The molecule has 0 aliphatic heterocycles. The van der Waals surface area contributed by atoms with Crippen LogP contribution in [0.25, 0.3) is 0 Å². The normalized spacial score (nSPS) is 32.6. The fourth-order valence-electron chi connectivity index (χ4n) is 2.29. The second-order valence-electron chi connectivity index (χ2n) is 4.69. The zero-order valence-electron chi connectivity index (χ0n) is 8.64. The minimum Gasteiger partial charge on any atom is -0.0711 e. The Kier molecular flexibility index (Phi) is 2.18. The Hall–Kier alpha value is 0.180. The van der Waals surface area contributed by atoms with Crippen molar-refractivity contribution in [3.05, 3.63) is 35.9 Å². The first kappa shape index (κ1) is 10.7. The van der Waals surface area contributed by atoms with Crippen LogP contribution < -0.4 is 0 Å². The second kappa shape index (κ2) is 2.85. The standard InChI is InChI=1S/C12H14Br2/c1-10(2)11(3,12(10,13)14)9-7-5-4-6-8-9/h4-8H,1-3H3. The molecule has 1 fully saturated rings. The van der Waals surface area contributed by atoms with Gasteiger partial charge in [0, 0.05) is 10.8 Å². The van der Waals surface area contributed by atoms with E-state index in [1.807, 2.05) is 0 Å². The number of hydrogen-bond donors (Lipinski definition) is 0. The van der Waals surface area contributed by atoms with Gasteiger partial charge in [-0.15, -0.1) is 0 Å². The van der Waals surface area contributed by atoms with E-state index >= 15 is 0 Å². The number of hydrogen-bond acceptors (Lipinski definition) is 0. The van der Waals surface area contributed by atoms with Crippen LogP contribution in [-0.4, -0.2) is 3.23 Å². The van der Waals surface area contributed by atoms with Gasteiger partial charge in [0.15, 0.2) is 0 Å². The lowest BCUT2D eigenvalue weighted by atomic mass is 9.90. The van der Waals surface area contributed by atoms with Gasteiger partial charge < -0.3 is 0 Å². The van der Waals surface area contributed by atoms with Crippen LogP contribution >= 0.6 is 31.9 Å². The molecule has 76 valence electrons. The van der Waals surface area contributed by atoms with Gasteiger partial charge >= 0.3 is 0 Å². The van der Waals surface area contributed by atoms with Crippen LogP contribution in [-0.2, 0) is 5.41 Å². The third-order valence-electron chi connectivity index (χ3n) is 3.95. The first-order valence-corrected chi connectivity index (χ1v) is 6.37. The lowest BCUT2D eigenvalue weighted by molar-refractivity contribution is 0.528. The summed E-state index contributed by atoms with van der Waals surface area (Å²) in [4.78, 5) is 0. The average Bonchev–Trinajstić information content (AvgIpc) is 2.47. The Bertz CT molecular complexity index is 338. The van der Waals surface area contributed by atoms with Crippen LogP contribution in [0.15, 0.2) is 30.3 Å². The monoisotopic (exact) mass is 316 g/mol. The van der Waals surface area contributed by atoms with Gasteiger partial charge in [-0.25, -0.2) is 0 Å². The quantitative estimate of drug-likeness (QED) is 0.670. The summed E-state index contributed by atoms with van der Waals surface area (Å²) < 4.78 is 0.0291. The molecule has 1 aliphatic carbocycles. The van der Waals surface area contributed by atoms with Gasteiger partial charge in [0.25, 0.3) is 0 Å². The summed E-state index contributed by atoms with van der Waals surface area (Å²) >= 11 is 7.57. The molecule has 1 aromatic rings. The van der Waals surface area contributed by atoms with Crippen LogP contribution in [0, 0.1) is 5.41 Å². The number of halogens is 2. The molecule has 14 heavy (non-hydrogen) atoms. The minimum atomic E-state index is 0.0291. The van der Waals surface area contributed by atoms with Gasteiger partial charge in [-0.3, -0.25) is 0 Å². The molecular formula is C12H14Br2. The molecular weight excluding hydrogens is 304 g/mol. The van der Waals surface area contributed by atoms with E-state index in [0.29, 0.717) is 0 Å². The van der Waals surface area contributed by atoms with E-state index in [-0.39, 0.29) is 14.1 Å². The summed E-state index contributed by atoms with van der Waals surface area (Å²) in [5.74, 6) is 0. The summed E-state index contributed by atoms with van der Waals surface area (Å²) in [5, 5.41) is 0. The largest absolute Gasteiger partial charge is 0.0964 e.